The lowest BCUT2D eigenvalue weighted by Crippen LogP contribution is -2.14. The number of hydrogen-bond acceptors (Lipinski definition) is 2. The van der Waals surface area contributed by atoms with Gasteiger partial charge in [0.1, 0.15) is 5.82 Å². The zero-order valence-corrected chi connectivity index (χ0v) is 12.0. The zero-order chi connectivity index (χ0) is 13.9. The lowest BCUT2D eigenvalue weighted by atomic mass is 9.89. The first-order valence-corrected chi connectivity index (χ1v) is 7.48. The van der Waals surface area contributed by atoms with Gasteiger partial charge in [-0.3, -0.25) is 0 Å². The van der Waals surface area contributed by atoms with Crippen molar-refractivity contribution in [3.05, 3.63) is 53.6 Å². The third-order valence-electron chi connectivity index (χ3n) is 4.50. The number of fused-ring (bicyclic) bond motifs is 1. The molecule has 1 heterocycles. The van der Waals surface area contributed by atoms with Gasteiger partial charge in [-0.05, 0) is 42.7 Å². The first kappa shape index (κ1) is 13.4. The van der Waals surface area contributed by atoms with E-state index < -0.39 is 0 Å². The Bertz CT molecular complexity index is 576. The van der Waals surface area contributed by atoms with Gasteiger partial charge < -0.3 is 9.67 Å². The molecule has 2 atom stereocenters. The molecule has 1 N–H and O–H groups in total. The monoisotopic (exact) mass is 270 g/mol. The SMILES string of the molecule is Cn1ccnc1CCC1CCCc2ccccc2C1O. The number of aliphatic hydroxyl groups excluding tert-OH is 1. The van der Waals surface area contributed by atoms with E-state index in [9.17, 15) is 5.11 Å². The van der Waals surface area contributed by atoms with Crippen LogP contribution in [-0.2, 0) is 19.9 Å². The highest BCUT2D eigenvalue weighted by Gasteiger charge is 2.25. The van der Waals surface area contributed by atoms with Crippen LogP contribution in [0.1, 0.15) is 42.3 Å². The molecule has 0 spiro atoms. The number of aliphatic hydroxyl groups is 1. The van der Waals surface area contributed by atoms with E-state index in [1.165, 1.54) is 12.0 Å². The molecule has 3 rings (SSSR count). The Balaban J connectivity index is 1.73. The summed E-state index contributed by atoms with van der Waals surface area (Å²) < 4.78 is 2.07. The van der Waals surface area contributed by atoms with Gasteiger partial charge in [-0.15, -0.1) is 0 Å². The minimum absolute atomic E-state index is 0.325. The maximum atomic E-state index is 10.7. The van der Waals surface area contributed by atoms with E-state index in [2.05, 4.69) is 27.8 Å². The summed E-state index contributed by atoms with van der Waals surface area (Å²) in [5.74, 6) is 1.45. The lowest BCUT2D eigenvalue weighted by molar-refractivity contribution is 0.0995. The third kappa shape index (κ3) is 2.63. The fourth-order valence-electron chi connectivity index (χ4n) is 3.27. The maximum Gasteiger partial charge on any atom is 0.108 e. The molecule has 1 aromatic carbocycles. The van der Waals surface area contributed by atoms with Crippen molar-refractivity contribution in [1.29, 1.82) is 0 Å². The summed E-state index contributed by atoms with van der Waals surface area (Å²) in [6.07, 6.45) is 8.79. The van der Waals surface area contributed by atoms with Gasteiger partial charge in [0.05, 0.1) is 6.10 Å². The standard InChI is InChI=1S/C17H22N2O/c1-19-12-11-18-16(19)10-9-14-7-4-6-13-5-2-3-8-15(13)17(14)20/h2-3,5,8,11-12,14,17,20H,4,6-7,9-10H2,1H3. The fourth-order valence-corrected chi connectivity index (χ4v) is 3.27. The molecule has 0 bridgehead atoms. The second-order valence-corrected chi connectivity index (χ2v) is 5.79. The van der Waals surface area contributed by atoms with Gasteiger partial charge in [0.15, 0.2) is 0 Å². The topological polar surface area (TPSA) is 38.0 Å². The van der Waals surface area contributed by atoms with Crippen LogP contribution in [0, 0.1) is 5.92 Å². The summed E-state index contributed by atoms with van der Waals surface area (Å²) in [6.45, 7) is 0. The van der Waals surface area contributed by atoms with E-state index in [-0.39, 0.29) is 6.10 Å². The Labute approximate surface area is 120 Å². The second-order valence-electron chi connectivity index (χ2n) is 5.79. The van der Waals surface area contributed by atoms with Crippen molar-refractivity contribution in [3.8, 4) is 0 Å². The third-order valence-corrected chi connectivity index (χ3v) is 4.50. The van der Waals surface area contributed by atoms with Crippen LogP contribution in [0.25, 0.3) is 0 Å². The number of nitrogens with zero attached hydrogens (tertiary/aromatic N) is 2. The molecule has 2 aromatic rings. The number of imidazole rings is 1. The van der Waals surface area contributed by atoms with Gasteiger partial charge in [-0.2, -0.15) is 0 Å². The fraction of sp³-hybridized carbons (Fsp3) is 0.471. The van der Waals surface area contributed by atoms with Crippen molar-refractivity contribution in [2.45, 2.75) is 38.2 Å². The summed E-state index contributed by atoms with van der Waals surface area (Å²) in [5.41, 5.74) is 2.45. The molecule has 106 valence electrons. The van der Waals surface area contributed by atoms with Crippen LogP contribution in [0.4, 0.5) is 0 Å². The average Bonchev–Trinajstić information content (AvgIpc) is 2.80. The van der Waals surface area contributed by atoms with Gasteiger partial charge in [0.2, 0.25) is 0 Å². The highest BCUT2D eigenvalue weighted by Crippen LogP contribution is 2.35. The van der Waals surface area contributed by atoms with Gasteiger partial charge in [0, 0.05) is 25.9 Å². The maximum absolute atomic E-state index is 10.7. The Kier molecular flexibility index (Phi) is 3.88. The molecule has 0 saturated heterocycles. The molecule has 0 radical (unpaired) electrons. The lowest BCUT2D eigenvalue weighted by Gasteiger charge is -2.21. The molecular formula is C17H22N2O. The Morgan fingerprint density at radius 3 is 3.00 bits per heavy atom. The molecule has 0 saturated carbocycles. The molecule has 1 aromatic heterocycles. The quantitative estimate of drug-likeness (QED) is 0.871. The van der Waals surface area contributed by atoms with E-state index in [0.717, 1.165) is 37.1 Å². The van der Waals surface area contributed by atoms with Crippen molar-refractivity contribution >= 4 is 0 Å². The number of rotatable bonds is 3. The number of benzene rings is 1. The normalized spacial score (nSPS) is 22.3. The van der Waals surface area contributed by atoms with Crippen LogP contribution in [0.2, 0.25) is 0 Å². The molecule has 0 amide bonds. The second kappa shape index (κ2) is 5.80. The van der Waals surface area contributed by atoms with E-state index in [1.54, 1.807) is 0 Å². The van der Waals surface area contributed by atoms with Gasteiger partial charge in [-0.1, -0.05) is 24.3 Å². The van der Waals surface area contributed by atoms with Crippen LogP contribution < -0.4 is 0 Å². The Morgan fingerprint density at radius 1 is 1.35 bits per heavy atom. The molecule has 3 heteroatoms. The number of aryl methyl sites for hydroxylation is 3. The summed E-state index contributed by atoms with van der Waals surface area (Å²) in [7, 11) is 2.03. The van der Waals surface area contributed by atoms with Gasteiger partial charge in [-0.25, -0.2) is 4.98 Å². The predicted octanol–water partition coefficient (Wildman–Crippen LogP) is 3.04. The van der Waals surface area contributed by atoms with Crippen LogP contribution >= 0.6 is 0 Å². The molecule has 1 aliphatic carbocycles. The van der Waals surface area contributed by atoms with Crippen LogP contribution in [-0.4, -0.2) is 14.7 Å². The van der Waals surface area contributed by atoms with Crippen LogP contribution in [0.15, 0.2) is 36.7 Å². The Morgan fingerprint density at radius 2 is 2.20 bits per heavy atom. The van der Waals surface area contributed by atoms with Crippen molar-refractivity contribution in [3.63, 3.8) is 0 Å². The highest BCUT2D eigenvalue weighted by atomic mass is 16.3. The summed E-state index contributed by atoms with van der Waals surface area (Å²) in [4.78, 5) is 4.37. The summed E-state index contributed by atoms with van der Waals surface area (Å²) in [6, 6.07) is 8.34. The number of hydrogen-bond donors (Lipinski definition) is 1. The predicted molar refractivity (Wildman–Crippen MR) is 79.4 cm³/mol. The summed E-state index contributed by atoms with van der Waals surface area (Å²) in [5, 5.41) is 10.7. The van der Waals surface area contributed by atoms with Gasteiger partial charge in [0.25, 0.3) is 0 Å². The molecule has 2 unspecified atom stereocenters. The number of aromatic nitrogens is 2. The minimum Gasteiger partial charge on any atom is -0.388 e. The first-order valence-electron chi connectivity index (χ1n) is 7.48. The van der Waals surface area contributed by atoms with Crippen molar-refractivity contribution < 1.29 is 5.11 Å². The van der Waals surface area contributed by atoms with E-state index >= 15 is 0 Å². The summed E-state index contributed by atoms with van der Waals surface area (Å²) >= 11 is 0. The van der Waals surface area contributed by atoms with E-state index in [0.29, 0.717) is 5.92 Å². The zero-order valence-electron chi connectivity index (χ0n) is 12.0. The average molecular weight is 270 g/mol. The highest BCUT2D eigenvalue weighted by molar-refractivity contribution is 5.30. The largest absolute Gasteiger partial charge is 0.388 e. The molecular weight excluding hydrogens is 248 g/mol. The molecule has 0 fully saturated rings. The minimum atomic E-state index is -0.325. The van der Waals surface area contributed by atoms with Crippen molar-refractivity contribution in [2.24, 2.45) is 13.0 Å². The molecule has 0 aliphatic heterocycles. The first-order chi connectivity index (χ1) is 9.75. The smallest absolute Gasteiger partial charge is 0.108 e. The molecule has 20 heavy (non-hydrogen) atoms. The van der Waals surface area contributed by atoms with E-state index in [1.807, 2.05) is 25.5 Å². The van der Waals surface area contributed by atoms with E-state index in [4.69, 9.17) is 0 Å². The van der Waals surface area contributed by atoms with Crippen LogP contribution in [0.5, 0.6) is 0 Å². The van der Waals surface area contributed by atoms with Crippen molar-refractivity contribution in [2.75, 3.05) is 0 Å². The van der Waals surface area contributed by atoms with Crippen molar-refractivity contribution in [1.82, 2.24) is 9.55 Å². The molecule has 3 nitrogen and oxygen atoms in total. The van der Waals surface area contributed by atoms with Crippen LogP contribution in [0.3, 0.4) is 0 Å². The Hall–Kier alpha value is -1.61. The van der Waals surface area contributed by atoms with Gasteiger partial charge >= 0.3 is 0 Å². The molecule has 1 aliphatic rings.